The lowest BCUT2D eigenvalue weighted by molar-refractivity contribution is 0.683. The molecule has 0 saturated carbocycles. The Morgan fingerprint density at radius 3 is 2.14 bits per heavy atom. The van der Waals surface area contributed by atoms with Crippen LogP contribution in [0.15, 0.2) is 0 Å². The zero-order chi connectivity index (χ0) is 5.91. The first kappa shape index (κ1) is 7.02. The lowest BCUT2D eigenvalue weighted by atomic mass is 10.6. The highest BCUT2D eigenvalue weighted by atomic mass is 32.2. The van der Waals surface area contributed by atoms with Crippen LogP contribution in [0.25, 0.3) is 0 Å². The molecule has 0 aromatic carbocycles. The highest BCUT2D eigenvalue weighted by Crippen LogP contribution is 1.84. The van der Waals surface area contributed by atoms with E-state index in [1.165, 1.54) is 0 Å². The summed E-state index contributed by atoms with van der Waals surface area (Å²) in [7, 11) is -1.67. The van der Waals surface area contributed by atoms with Gasteiger partial charge in [0.2, 0.25) is 0 Å². The average molecular weight is 120 g/mol. The fourth-order valence-electron chi connectivity index (χ4n) is 0.432. The Bertz CT molecular complexity index is 121. The minimum absolute atomic E-state index is 0.757. The molecule has 0 spiro atoms. The molecule has 0 saturated heterocycles. The molecule has 0 N–H and O–H groups in total. The average Bonchev–Trinajstić information content (AvgIpc) is 1.30. The van der Waals surface area contributed by atoms with Crippen molar-refractivity contribution >= 4 is 15.4 Å². The second-order valence-electron chi connectivity index (χ2n) is 1.89. The molecule has 44 valence electrons. The molecule has 0 fully saturated rings. The molecule has 0 aromatic heterocycles. The molecule has 0 heterocycles. The Balaban J connectivity index is 3.60. The number of rotatable bonds is 2. The van der Waals surface area contributed by atoms with Crippen molar-refractivity contribution in [2.45, 2.75) is 13.3 Å². The molecule has 1 unspecified atom stereocenters. The molecule has 0 aliphatic heterocycles. The largest absolute Gasteiger partial charge is 0.268 e. The van der Waals surface area contributed by atoms with E-state index < -0.39 is 9.52 Å². The Hall–Kier alpha value is 0.0200. The van der Waals surface area contributed by atoms with Gasteiger partial charge in [-0.1, -0.05) is 6.92 Å². The van der Waals surface area contributed by atoms with Gasteiger partial charge in [0.05, 0.1) is 0 Å². The summed E-state index contributed by atoms with van der Waals surface area (Å²) in [5, 5.41) is 0. The van der Waals surface area contributed by atoms with Gasteiger partial charge in [0, 0.05) is 12.0 Å². The monoisotopic (exact) mass is 120 g/mol. The Labute approximate surface area is 45.7 Å². The van der Waals surface area contributed by atoms with Crippen molar-refractivity contribution in [3.8, 4) is 0 Å². The third-order valence-corrected chi connectivity index (χ3v) is 1.91. The van der Waals surface area contributed by atoms with Crippen LogP contribution in [0.1, 0.15) is 13.3 Å². The van der Waals surface area contributed by atoms with E-state index in [1.54, 1.807) is 6.26 Å². The van der Waals surface area contributed by atoms with Crippen LogP contribution in [0.5, 0.6) is 0 Å². The van der Waals surface area contributed by atoms with Crippen LogP contribution in [0, 0.1) is 0 Å². The first-order valence-corrected chi connectivity index (χ1v) is 4.66. The first-order valence-electron chi connectivity index (χ1n) is 2.36. The highest BCUT2D eigenvalue weighted by molar-refractivity contribution is 7.99. The maximum absolute atomic E-state index is 10.7. The van der Waals surface area contributed by atoms with Crippen LogP contribution in [0.4, 0.5) is 0 Å². The topological polar surface area (TPSA) is 17.1 Å². The molecule has 0 aliphatic carbocycles. The summed E-state index contributed by atoms with van der Waals surface area (Å²) in [5.74, 6) is 4.24. The zero-order valence-electron chi connectivity index (χ0n) is 4.94. The fourth-order valence-corrected chi connectivity index (χ4v) is 1.30. The van der Waals surface area contributed by atoms with Gasteiger partial charge in [0.1, 0.15) is 0 Å². The van der Waals surface area contributed by atoms with Gasteiger partial charge in [0.25, 0.3) is 0 Å². The Morgan fingerprint density at radius 2 is 2.14 bits per heavy atom. The third-order valence-electron chi connectivity index (χ3n) is 0.636. The van der Waals surface area contributed by atoms with Gasteiger partial charge in [-0.2, -0.15) is 0 Å². The molecular formula is C5H12OS. The highest BCUT2D eigenvalue weighted by Gasteiger charge is 1.87. The van der Waals surface area contributed by atoms with E-state index in [1.807, 2.05) is 6.92 Å². The second kappa shape index (κ2) is 2.36. The van der Waals surface area contributed by atoms with E-state index in [-0.39, 0.29) is 0 Å². The quantitative estimate of drug-likeness (QED) is 0.491. The zero-order valence-corrected chi connectivity index (χ0v) is 5.75. The predicted octanol–water partition coefficient (Wildman–Crippen LogP) is 0.743. The summed E-state index contributed by atoms with van der Waals surface area (Å²) >= 11 is 0. The third kappa shape index (κ3) is 6.02. The summed E-state index contributed by atoms with van der Waals surface area (Å²) in [6.45, 7) is 2.01. The lowest BCUT2D eigenvalue weighted by Crippen LogP contribution is -1.99. The molecule has 0 amide bonds. The van der Waals surface area contributed by atoms with Gasteiger partial charge in [-0.25, -0.2) is 0 Å². The fraction of sp³-hybridized carbons (Fsp3) is 0.800. The van der Waals surface area contributed by atoms with Gasteiger partial charge >= 0.3 is 0 Å². The van der Waals surface area contributed by atoms with Gasteiger partial charge in [-0.05, 0) is 21.8 Å². The maximum atomic E-state index is 10.7. The van der Waals surface area contributed by atoms with Crippen molar-refractivity contribution in [3.63, 3.8) is 0 Å². The smallest absolute Gasteiger partial charge is 0.0153 e. The number of hydrogen-bond donors (Lipinski definition) is 0. The standard InChI is InChI=1S/C5H12OS/c1-4-5-7(2,3)6/h2,4-5H2,1,3H3. The van der Waals surface area contributed by atoms with Crippen molar-refractivity contribution < 1.29 is 4.21 Å². The molecular weight excluding hydrogens is 108 g/mol. The summed E-state index contributed by atoms with van der Waals surface area (Å²) in [4.78, 5) is 0. The molecule has 0 radical (unpaired) electrons. The molecule has 0 aromatic rings. The minimum atomic E-state index is -1.67. The molecule has 1 nitrogen and oxygen atoms in total. The SMILES string of the molecule is C=S(C)(=O)CCC. The van der Waals surface area contributed by atoms with Crippen LogP contribution in [-0.2, 0) is 9.52 Å². The molecule has 7 heavy (non-hydrogen) atoms. The number of hydrogen-bond acceptors (Lipinski definition) is 1. The van der Waals surface area contributed by atoms with E-state index in [0.29, 0.717) is 0 Å². The van der Waals surface area contributed by atoms with Crippen LogP contribution in [0.2, 0.25) is 0 Å². The van der Waals surface area contributed by atoms with Crippen molar-refractivity contribution in [1.82, 2.24) is 0 Å². The molecule has 0 aliphatic rings. The van der Waals surface area contributed by atoms with Crippen molar-refractivity contribution in [2.24, 2.45) is 0 Å². The van der Waals surface area contributed by atoms with Crippen LogP contribution in [0.3, 0.4) is 0 Å². The van der Waals surface area contributed by atoms with Gasteiger partial charge in [0.15, 0.2) is 0 Å². The summed E-state index contributed by atoms with van der Waals surface area (Å²) in [6, 6.07) is 0. The lowest BCUT2D eigenvalue weighted by Gasteiger charge is -1.94. The van der Waals surface area contributed by atoms with E-state index in [2.05, 4.69) is 5.87 Å². The molecule has 0 rings (SSSR count). The summed E-state index contributed by atoms with van der Waals surface area (Å²) < 4.78 is 10.7. The maximum Gasteiger partial charge on any atom is 0.0153 e. The van der Waals surface area contributed by atoms with Crippen molar-refractivity contribution in [2.75, 3.05) is 12.0 Å². The summed E-state index contributed by atoms with van der Waals surface area (Å²) in [5.41, 5.74) is 0. The van der Waals surface area contributed by atoms with Gasteiger partial charge in [-0.15, -0.1) is 0 Å². The Kier molecular flexibility index (Phi) is 2.37. The van der Waals surface area contributed by atoms with E-state index >= 15 is 0 Å². The van der Waals surface area contributed by atoms with Gasteiger partial charge < -0.3 is 0 Å². The molecule has 1 atom stereocenters. The first-order chi connectivity index (χ1) is 3.06. The van der Waals surface area contributed by atoms with Gasteiger partial charge in [-0.3, -0.25) is 4.21 Å². The van der Waals surface area contributed by atoms with E-state index in [0.717, 1.165) is 12.2 Å². The van der Waals surface area contributed by atoms with E-state index in [9.17, 15) is 4.21 Å². The van der Waals surface area contributed by atoms with Crippen molar-refractivity contribution in [1.29, 1.82) is 0 Å². The van der Waals surface area contributed by atoms with Crippen LogP contribution in [-0.4, -0.2) is 22.1 Å². The molecule has 0 bridgehead atoms. The van der Waals surface area contributed by atoms with Crippen LogP contribution < -0.4 is 0 Å². The van der Waals surface area contributed by atoms with Crippen molar-refractivity contribution in [3.05, 3.63) is 0 Å². The second-order valence-corrected chi connectivity index (χ2v) is 4.66. The molecule has 2 heteroatoms. The summed E-state index contributed by atoms with van der Waals surface area (Å²) in [6.07, 6.45) is 2.66. The normalized spacial score (nSPS) is 18.6. The van der Waals surface area contributed by atoms with Crippen LogP contribution >= 0.6 is 0 Å². The van der Waals surface area contributed by atoms with E-state index in [4.69, 9.17) is 0 Å². The minimum Gasteiger partial charge on any atom is -0.268 e. The predicted molar refractivity (Wildman–Crippen MR) is 36.3 cm³/mol. The Morgan fingerprint density at radius 1 is 1.71 bits per heavy atom.